The van der Waals surface area contributed by atoms with Crippen molar-refractivity contribution in [2.45, 2.75) is 38.1 Å². The largest absolute Gasteiger partial charge is 0.465 e. The molecule has 3 N–H and O–H groups in total. The number of anilines is 1. The summed E-state index contributed by atoms with van der Waals surface area (Å²) in [6.45, 7) is 6.97. The minimum Gasteiger partial charge on any atom is -0.465 e. The third-order valence-corrected chi connectivity index (χ3v) is 4.99. The smallest absolute Gasteiger partial charge is 0.343 e. The first kappa shape index (κ1) is 21.4. The average Bonchev–Trinajstić information content (AvgIpc) is 2.94. The van der Waals surface area contributed by atoms with E-state index in [9.17, 15) is 14.4 Å². The summed E-state index contributed by atoms with van der Waals surface area (Å²) in [5.74, 6) is -1.35. The molecular weight excluding hydrogens is 384 g/mol. The summed E-state index contributed by atoms with van der Waals surface area (Å²) in [6.07, 6.45) is 1.28. The van der Waals surface area contributed by atoms with Crippen molar-refractivity contribution in [3.63, 3.8) is 0 Å². The van der Waals surface area contributed by atoms with Crippen molar-refractivity contribution >= 4 is 35.3 Å². The molecule has 0 fully saturated rings. The Bertz CT molecular complexity index is 925. The Hall–Kier alpha value is -2.88. The van der Waals surface area contributed by atoms with Crippen molar-refractivity contribution in [1.29, 1.82) is 0 Å². The van der Waals surface area contributed by atoms with Gasteiger partial charge in [0.2, 0.25) is 0 Å². The Kier molecular flexibility index (Phi) is 6.79. The summed E-state index contributed by atoms with van der Waals surface area (Å²) in [5, 5.41) is -0.310. The summed E-state index contributed by atoms with van der Waals surface area (Å²) in [6, 6.07) is 0. The summed E-state index contributed by atoms with van der Waals surface area (Å²) in [4.78, 5) is 47.6. The first-order chi connectivity index (χ1) is 13.2. The quantitative estimate of drug-likeness (QED) is 0.307. The van der Waals surface area contributed by atoms with Crippen LogP contribution in [0.2, 0.25) is 0 Å². The normalized spacial score (nSPS) is 11.8. The molecule has 0 spiro atoms. The molecule has 0 saturated carbocycles. The number of methoxy groups -OCH3 is 1. The molecule has 0 amide bonds. The first-order valence-electron chi connectivity index (χ1n) is 8.49. The van der Waals surface area contributed by atoms with E-state index in [4.69, 9.17) is 15.2 Å². The lowest BCUT2D eigenvalue weighted by atomic mass is 10.1. The number of Topliss-reactive ketones (excluding diaryl/α,β-unsaturated/α-hetero) is 1. The number of aryl methyl sites for hydroxylation is 1. The lowest BCUT2D eigenvalue weighted by Crippen LogP contribution is -2.17. The van der Waals surface area contributed by atoms with Crippen LogP contribution < -0.4 is 5.73 Å². The molecule has 0 aliphatic carbocycles. The molecule has 0 radical (unpaired) electrons. The summed E-state index contributed by atoms with van der Waals surface area (Å²) in [5.41, 5.74) is 7.64. The van der Waals surface area contributed by atoms with Gasteiger partial charge in [0.1, 0.15) is 11.4 Å². The fourth-order valence-electron chi connectivity index (χ4n) is 2.62. The van der Waals surface area contributed by atoms with Gasteiger partial charge in [0, 0.05) is 11.9 Å². The van der Waals surface area contributed by atoms with Crippen molar-refractivity contribution in [2.24, 2.45) is 0 Å². The third kappa shape index (κ3) is 4.33. The number of nitrogen functional groups attached to an aromatic ring is 1. The first-order valence-corrected chi connectivity index (χ1v) is 9.37. The van der Waals surface area contributed by atoms with Crippen molar-refractivity contribution in [1.82, 2.24) is 15.0 Å². The van der Waals surface area contributed by atoms with E-state index in [1.54, 1.807) is 27.7 Å². The van der Waals surface area contributed by atoms with Gasteiger partial charge in [-0.2, -0.15) is 0 Å². The van der Waals surface area contributed by atoms with Gasteiger partial charge in [0.05, 0.1) is 30.2 Å². The van der Waals surface area contributed by atoms with E-state index in [1.165, 1.54) is 13.3 Å². The van der Waals surface area contributed by atoms with Crippen molar-refractivity contribution in [3.8, 4) is 0 Å². The maximum atomic E-state index is 12.8. The number of H-pyrrole nitrogens is 1. The zero-order chi connectivity index (χ0) is 21.0. The van der Waals surface area contributed by atoms with Crippen LogP contribution in [0.15, 0.2) is 11.4 Å². The number of ether oxygens (including phenoxy) is 2. The highest BCUT2D eigenvalue weighted by atomic mass is 32.2. The highest BCUT2D eigenvalue weighted by Gasteiger charge is 2.26. The molecule has 1 atom stereocenters. The molecule has 2 heterocycles. The Labute approximate surface area is 166 Å². The molecule has 28 heavy (non-hydrogen) atoms. The van der Waals surface area contributed by atoms with Gasteiger partial charge in [-0.05, 0) is 33.3 Å². The van der Waals surface area contributed by atoms with Gasteiger partial charge in [-0.25, -0.2) is 19.6 Å². The van der Waals surface area contributed by atoms with E-state index in [0.717, 1.165) is 11.8 Å². The van der Waals surface area contributed by atoms with E-state index in [1.807, 2.05) is 0 Å². The Morgan fingerprint density at radius 1 is 1.29 bits per heavy atom. The van der Waals surface area contributed by atoms with Crippen LogP contribution in [-0.2, 0) is 9.47 Å². The van der Waals surface area contributed by atoms with Gasteiger partial charge in [-0.1, -0.05) is 11.8 Å². The van der Waals surface area contributed by atoms with E-state index >= 15 is 0 Å². The van der Waals surface area contributed by atoms with Crippen LogP contribution >= 0.6 is 11.8 Å². The minimum absolute atomic E-state index is 0.0181. The van der Waals surface area contributed by atoms with Crippen LogP contribution in [0.25, 0.3) is 0 Å². The maximum absolute atomic E-state index is 12.8. The van der Waals surface area contributed by atoms with Crippen molar-refractivity contribution in [3.05, 3.63) is 34.3 Å². The minimum atomic E-state index is -0.603. The topological polar surface area (TPSA) is 137 Å². The number of carbonyl (C=O) groups excluding carboxylic acids is 3. The van der Waals surface area contributed by atoms with E-state index < -0.39 is 17.2 Å². The Balaban J connectivity index is 2.20. The monoisotopic (exact) mass is 406 g/mol. The number of nitrogens with two attached hydrogens (primary N) is 1. The molecular formula is C18H22N4O5S. The van der Waals surface area contributed by atoms with E-state index in [2.05, 4.69) is 15.0 Å². The van der Waals surface area contributed by atoms with Gasteiger partial charge >= 0.3 is 11.9 Å². The number of aromatic amines is 1. The zero-order valence-electron chi connectivity index (χ0n) is 16.3. The van der Waals surface area contributed by atoms with Crippen LogP contribution in [0.1, 0.15) is 56.3 Å². The fraction of sp³-hybridized carbons (Fsp3) is 0.389. The molecule has 10 heteroatoms. The number of hydrogen-bond acceptors (Lipinski definition) is 9. The molecule has 9 nitrogen and oxygen atoms in total. The second-order valence-electron chi connectivity index (χ2n) is 5.91. The van der Waals surface area contributed by atoms with Gasteiger partial charge in [-0.15, -0.1) is 0 Å². The lowest BCUT2D eigenvalue weighted by molar-refractivity contribution is 0.0525. The highest BCUT2D eigenvalue weighted by Crippen LogP contribution is 2.27. The molecule has 150 valence electrons. The number of nitrogens with zero attached hydrogens (tertiary/aromatic N) is 2. The third-order valence-electron chi connectivity index (χ3n) is 4.02. The summed E-state index contributed by atoms with van der Waals surface area (Å²) >= 11 is 1.09. The second-order valence-corrected chi connectivity index (χ2v) is 7.22. The number of nitrogens with one attached hydrogen (secondary N) is 1. The number of hydrogen-bond donors (Lipinski definition) is 2. The predicted molar refractivity (Wildman–Crippen MR) is 104 cm³/mol. The number of carbonyl (C=O) groups is 3. The number of rotatable bonds is 7. The van der Waals surface area contributed by atoms with Gasteiger partial charge in [0.15, 0.2) is 10.9 Å². The molecule has 0 aliphatic rings. The SMILES string of the molecule is CCOC(=O)c1cnc(SC(C)C(=O)c2[nH]c(C)c(C(=O)OC)c2C)nc1N. The number of thioether (sulfide) groups is 1. The second kappa shape index (κ2) is 8.87. The molecule has 0 bridgehead atoms. The maximum Gasteiger partial charge on any atom is 0.343 e. The molecule has 0 saturated heterocycles. The highest BCUT2D eigenvalue weighted by molar-refractivity contribution is 8.00. The molecule has 2 aromatic heterocycles. The molecule has 2 rings (SSSR count). The van der Waals surface area contributed by atoms with Crippen molar-refractivity contribution in [2.75, 3.05) is 19.5 Å². The standard InChI is InChI=1S/C18H22N4O5S/c1-6-27-16(24)11-7-20-18(22-15(11)19)28-10(4)14(23)13-8(2)12(9(3)21-13)17(25)26-5/h7,10,21H,6H2,1-5H3,(H2,19,20,22). The van der Waals surface area contributed by atoms with Crippen molar-refractivity contribution < 1.29 is 23.9 Å². The molecule has 2 aromatic rings. The number of esters is 2. The van der Waals surface area contributed by atoms with Crippen LogP contribution in [0.3, 0.4) is 0 Å². The molecule has 0 aromatic carbocycles. The van der Waals surface area contributed by atoms with Gasteiger partial charge in [0.25, 0.3) is 0 Å². The fourth-order valence-corrected chi connectivity index (χ4v) is 3.43. The zero-order valence-corrected chi connectivity index (χ0v) is 17.1. The van der Waals surface area contributed by atoms with Crippen LogP contribution in [0, 0.1) is 13.8 Å². The number of ketones is 1. The average molecular weight is 406 g/mol. The Morgan fingerprint density at radius 2 is 1.96 bits per heavy atom. The summed E-state index contributed by atoms with van der Waals surface area (Å²) in [7, 11) is 1.29. The van der Waals surface area contributed by atoms with Crippen LogP contribution in [0.5, 0.6) is 0 Å². The predicted octanol–water partition coefficient (Wildman–Crippen LogP) is 2.33. The van der Waals surface area contributed by atoms with E-state index in [-0.39, 0.29) is 28.9 Å². The number of aromatic nitrogens is 3. The van der Waals surface area contributed by atoms with E-state index in [0.29, 0.717) is 22.5 Å². The Morgan fingerprint density at radius 3 is 2.54 bits per heavy atom. The van der Waals surface area contributed by atoms with Crippen LogP contribution in [0.4, 0.5) is 5.82 Å². The molecule has 1 unspecified atom stereocenters. The van der Waals surface area contributed by atoms with Crippen LogP contribution in [-0.4, -0.2) is 51.6 Å². The molecule has 0 aliphatic heterocycles. The summed E-state index contributed by atoms with van der Waals surface area (Å²) < 4.78 is 9.64. The van der Waals surface area contributed by atoms with Gasteiger partial charge in [-0.3, -0.25) is 4.79 Å². The van der Waals surface area contributed by atoms with Gasteiger partial charge < -0.3 is 20.2 Å². The lowest BCUT2D eigenvalue weighted by Gasteiger charge is -2.10.